The fraction of sp³-hybridized carbons (Fsp3) is 0.167. The van der Waals surface area contributed by atoms with Crippen LogP contribution < -0.4 is 15.6 Å². The molecule has 3 rings (SSSR count). The molecule has 0 fully saturated rings. The van der Waals surface area contributed by atoms with Gasteiger partial charge in [-0.1, -0.05) is 12.1 Å². The molecule has 0 saturated carbocycles. The topological polar surface area (TPSA) is 80.3 Å². The second kappa shape index (κ2) is 7.49. The molecule has 1 aromatic heterocycles. The molecule has 0 aliphatic rings. The number of hydrazine groups is 1. The first-order valence-electron chi connectivity index (χ1n) is 7.75. The van der Waals surface area contributed by atoms with Crippen molar-refractivity contribution in [2.45, 2.75) is 13.3 Å². The number of halogens is 1. The number of methoxy groups -OCH3 is 1. The molecule has 0 atom stereocenters. The van der Waals surface area contributed by atoms with Crippen molar-refractivity contribution in [3.8, 4) is 5.75 Å². The van der Waals surface area contributed by atoms with E-state index in [4.69, 9.17) is 4.74 Å². The van der Waals surface area contributed by atoms with Crippen molar-refractivity contribution in [3.05, 3.63) is 58.3 Å². The predicted octanol–water partition coefficient (Wildman–Crippen LogP) is 2.76. The highest BCUT2D eigenvalue weighted by molar-refractivity contribution is 7.18. The SMILES string of the molecule is COc1c(C(=O)NNC(=O)Cc2ccc(F)cc2)ccc2sc(C)nc12. The quantitative estimate of drug-likeness (QED) is 0.689. The zero-order valence-electron chi connectivity index (χ0n) is 14.1. The molecule has 3 aromatic rings. The van der Waals surface area contributed by atoms with Gasteiger partial charge in [0.1, 0.15) is 11.3 Å². The molecule has 134 valence electrons. The highest BCUT2D eigenvalue weighted by atomic mass is 32.1. The zero-order valence-corrected chi connectivity index (χ0v) is 14.9. The predicted molar refractivity (Wildman–Crippen MR) is 96.6 cm³/mol. The summed E-state index contributed by atoms with van der Waals surface area (Å²) in [6.45, 7) is 1.87. The lowest BCUT2D eigenvalue weighted by molar-refractivity contribution is -0.121. The normalized spacial score (nSPS) is 10.6. The lowest BCUT2D eigenvalue weighted by Gasteiger charge is -2.11. The largest absolute Gasteiger partial charge is 0.494 e. The number of hydrogen-bond acceptors (Lipinski definition) is 5. The van der Waals surface area contributed by atoms with Crippen LogP contribution >= 0.6 is 11.3 Å². The Morgan fingerprint density at radius 2 is 1.88 bits per heavy atom. The first-order chi connectivity index (χ1) is 12.5. The number of hydrogen-bond donors (Lipinski definition) is 2. The molecular formula is C18H16FN3O3S. The number of amides is 2. The van der Waals surface area contributed by atoms with Gasteiger partial charge in [0.25, 0.3) is 5.91 Å². The number of carbonyl (C=O) groups excluding carboxylic acids is 2. The number of nitrogens with one attached hydrogen (secondary N) is 2. The Balaban J connectivity index is 1.69. The van der Waals surface area contributed by atoms with Gasteiger partial charge in [0.05, 0.1) is 28.8 Å². The van der Waals surface area contributed by atoms with Gasteiger partial charge in [-0.05, 0) is 36.8 Å². The number of thiazole rings is 1. The van der Waals surface area contributed by atoms with Crippen LogP contribution in [0.25, 0.3) is 10.2 Å². The van der Waals surface area contributed by atoms with E-state index in [9.17, 15) is 14.0 Å². The average Bonchev–Trinajstić information content (AvgIpc) is 3.01. The number of carbonyl (C=O) groups is 2. The number of rotatable bonds is 4. The van der Waals surface area contributed by atoms with E-state index in [0.29, 0.717) is 16.8 Å². The maximum Gasteiger partial charge on any atom is 0.273 e. The van der Waals surface area contributed by atoms with E-state index in [0.717, 1.165) is 9.71 Å². The maximum absolute atomic E-state index is 12.9. The van der Waals surface area contributed by atoms with E-state index in [2.05, 4.69) is 15.8 Å². The summed E-state index contributed by atoms with van der Waals surface area (Å²) in [5.41, 5.74) is 6.22. The number of fused-ring (bicyclic) bond motifs is 1. The standard InChI is InChI=1S/C18H16FN3O3S/c1-10-20-16-14(26-10)8-7-13(17(16)25-2)18(24)22-21-15(23)9-11-3-5-12(19)6-4-11/h3-8H,9H2,1-2H3,(H,21,23)(H,22,24). The van der Waals surface area contributed by atoms with Gasteiger partial charge in [0.2, 0.25) is 5.91 Å². The fourth-order valence-electron chi connectivity index (χ4n) is 2.49. The van der Waals surface area contributed by atoms with Crippen LogP contribution in [0.1, 0.15) is 20.9 Å². The minimum atomic E-state index is -0.512. The number of nitrogens with zero attached hydrogens (tertiary/aromatic N) is 1. The van der Waals surface area contributed by atoms with Crippen LogP contribution in [0.5, 0.6) is 5.75 Å². The molecule has 0 bridgehead atoms. The summed E-state index contributed by atoms with van der Waals surface area (Å²) in [6, 6.07) is 8.99. The third-order valence-electron chi connectivity index (χ3n) is 3.66. The molecule has 26 heavy (non-hydrogen) atoms. The molecule has 0 aliphatic carbocycles. The van der Waals surface area contributed by atoms with Crippen molar-refractivity contribution in [3.63, 3.8) is 0 Å². The van der Waals surface area contributed by atoms with Crippen molar-refractivity contribution < 1.29 is 18.7 Å². The Morgan fingerprint density at radius 3 is 2.58 bits per heavy atom. The summed E-state index contributed by atoms with van der Waals surface area (Å²) in [7, 11) is 1.47. The number of ether oxygens (including phenoxy) is 1. The lowest BCUT2D eigenvalue weighted by Crippen LogP contribution is -2.42. The van der Waals surface area contributed by atoms with Gasteiger partial charge in [0.15, 0.2) is 5.75 Å². The molecule has 0 unspecified atom stereocenters. The minimum Gasteiger partial charge on any atom is -0.494 e. The van der Waals surface area contributed by atoms with Gasteiger partial charge in [-0.3, -0.25) is 20.4 Å². The Labute approximate surface area is 153 Å². The zero-order chi connectivity index (χ0) is 18.7. The molecule has 1 heterocycles. The molecular weight excluding hydrogens is 357 g/mol. The molecule has 0 saturated heterocycles. The van der Waals surface area contributed by atoms with Crippen LogP contribution in [-0.4, -0.2) is 23.9 Å². The number of aromatic nitrogens is 1. The summed E-state index contributed by atoms with van der Waals surface area (Å²) >= 11 is 1.50. The molecule has 2 amide bonds. The van der Waals surface area contributed by atoms with Crippen LogP contribution in [0, 0.1) is 12.7 Å². The Morgan fingerprint density at radius 1 is 1.15 bits per heavy atom. The molecule has 2 aromatic carbocycles. The highest BCUT2D eigenvalue weighted by Crippen LogP contribution is 2.32. The number of benzene rings is 2. The van der Waals surface area contributed by atoms with Gasteiger partial charge in [-0.15, -0.1) is 11.3 Å². The molecule has 0 spiro atoms. The van der Waals surface area contributed by atoms with E-state index in [-0.39, 0.29) is 17.8 Å². The van der Waals surface area contributed by atoms with E-state index in [1.807, 2.05) is 6.92 Å². The van der Waals surface area contributed by atoms with Gasteiger partial charge >= 0.3 is 0 Å². The molecule has 2 N–H and O–H groups in total. The van der Waals surface area contributed by atoms with Crippen molar-refractivity contribution in [2.75, 3.05) is 7.11 Å². The van der Waals surface area contributed by atoms with Crippen LogP contribution in [0.4, 0.5) is 4.39 Å². The monoisotopic (exact) mass is 373 g/mol. The van der Waals surface area contributed by atoms with E-state index in [1.54, 1.807) is 12.1 Å². The highest BCUT2D eigenvalue weighted by Gasteiger charge is 2.18. The van der Waals surface area contributed by atoms with E-state index >= 15 is 0 Å². The van der Waals surface area contributed by atoms with Crippen LogP contribution in [0.2, 0.25) is 0 Å². The maximum atomic E-state index is 12.9. The molecule has 0 radical (unpaired) electrons. The molecule has 0 aliphatic heterocycles. The average molecular weight is 373 g/mol. The molecule has 6 nitrogen and oxygen atoms in total. The number of aryl methyl sites for hydroxylation is 1. The second-order valence-corrected chi connectivity index (χ2v) is 6.77. The van der Waals surface area contributed by atoms with Crippen molar-refractivity contribution in [1.29, 1.82) is 0 Å². The smallest absolute Gasteiger partial charge is 0.273 e. The van der Waals surface area contributed by atoms with Gasteiger partial charge in [0, 0.05) is 0 Å². The first-order valence-corrected chi connectivity index (χ1v) is 8.57. The van der Waals surface area contributed by atoms with E-state index in [1.165, 1.54) is 42.7 Å². The minimum absolute atomic E-state index is 0.0159. The fourth-order valence-corrected chi connectivity index (χ4v) is 3.32. The van der Waals surface area contributed by atoms with Gasteiger partial charge in [-0.2, -0.15) is 0 Å². The summed E-state index contributed by atoms with van der Waals surface area (Å²) < 4.78 is 19.1. The van der Waals surface area contributed by atoms with Crippen LogP contribution in [0.15, 0.2) is 36.4 Å². The Hall–Kier alpha value is -3.00. The van der Waals surface area contributed by atoms with Gasteiger partial charge < -0.3 is 4.74 Å². The van der Waals surface area contributed by atoms with Crippen molar-refractivity contribution in [2.24, 2.45) is 0 Å². The molecule has 8 heteroatoms. The summed E-state index contributed by atoms with van der Waals surface area (Å²) in [5, 5.41) is 0.864. The Bertz CT molecular complexity index is 970. The van der Waals surface area contributed by atoms with Crippen molar-refractivity contribution in [1.82, 2.24) is 15.8 Å². The van der Waals surface area contributed by atoms with Crippen LogP contribution in [0.3, 0.4) is 0 Å². The second-order valence-electron chi connectivity index (χ2n) is 5.53. The van der Waals surface area contributed by atoms with Gasteiger partial charge in [-0.25, -0.2) is 9.37 Å². The lowest BCUT2D eigenvalue weighted by atomic mass is 10.1. The summed E-state index contributed by atoms with van der Waals surface area (Å²) in [4.78, 5) is 28.7. The summed E-state index contributed by atoms with van der Waals surface area (Å²) in [5.74, 6) is -0.948. The summed E-state index contributed by atoms with van der Waals surface area (Å²) in [6.07, 6.45) is 0.0159. The van der Waals surface area contributed by atoms with Crippen molar-refractivity contribution >= 4 is 33.4 Å². The van der Waals surface area contributed by atoms with Crippen LogP contribution in [-0.2, 0) is 11.2 Å². The van der Waals surface area contributed by atoms with E-state index < -0.39 is 11.8 Å². The third-order valence-corrected chi connectivity index (χ3v) is 4.60. The Kier molecular flexibility index (Phi) is 5.13. The third kappa shape index (κ3) is 3.80. The first kappa shape index (κ1) is 17.8.